The second-order valence-corrected chi connectivity index (χ2v) is 7.58. The van der Waals surface area contributed by atoms with Crippen LogP contribution in [0.2, 0.25) is 0 Å². The maximum atomic E-state index is 12.8. The van der Waals surface area contributed by atoms with Gasteiger partial charge in [0, 0.05) is 31.1 Å². The van der Waals surface area contributed by atoms with Gasteiger partial charge in [-0.3, -0.25) is 19.4 Å². The van der Waals surface area contributed by atoms with Gasteiger partial charge in [-0.15, -0.1) is 0 Å². The van der Waals surface area contributed by atoms with Crippen molar-refractivity contribution in [3.63, 3.8) is 0 Å². The first-order valence-corrected chi connectivity index (χ1v) is 9.77. The minimum atomic E-state index is -0.192. The second-order valence-electron chi connectivity index (χ2n) is 7.58. The van der Waals surface area contributed by atoms with Crippen molar-refractivity contribution in [2.45, 2.75) is 38.4 Å². The standard InChI is InChI=1S/C21H24N4O3/c1-14-20(16-6-3-4-7-17(16)28-14)21(27)23-15-9-11-24(12-15)13-19(26)25-10-5-8-18(25)22-2/h2-4,6-7,15,18H,5,8-13H2,1H3/p+1/t15-,18-/m0/s1. The summed E-state index contributed by atoms with van der Waals surface area (Å²) >= 11 is 0. The van der Waals surface area contributed by atoms with E-state index in [0.29, 0.717) is 36.5 Å². The van der Waals surface area contributed by atoms with Crippen LogP contribution in [0.25, 0.3) is 15.8 Å². The molecule has 1 aromatic carbocycles. The third kappa shape index (κ3) is 3.48. The lowest BCUT2D eigenvalue weighted by atomic mass is 10.1. The van der Waals surface area contributed by atoms with E-state index >= 15 is 0 Å². The lowest BCUT2D eigenvalue weighted by Gasteiger charge is -2.20. The third-order valence-electron chi connectivity index (χ3n) is 5.68. The number of benzene rings is 1. The van der Waals surface area contributed by atoms with Crippen LogP contribution in [-0.4, -0.2) is 60.0 Å². The first-order chi connectivity index (χ1) is 13.6. The summed E-state index contributed by atoms with van der Waals surface area (Å²) in [5.41, 5.74) is 1.31. The van der Waals surface area contributed by atoms with E-state index in [4.69, 9.17) is 11.0 Å². The van der Waals surface area contributed by atoms with Crippen molar-refractivity contribution in [3.05, 3.63) is 40.4 Å². The minimum absolute atomic E-state index is 0.0157. The molecule has 2 aromatic rings. The molecule has 4 rings (SSSR count). The van der Waals surface area contributed by atoms with Crippen molar-refractivity contribution in [1.82, 2.24) is 15.1 Å². The van der Waals surface area contributed by atoms with Gasteiger partial charge in [0.2, 0.25) is 5.91 Å². The van der Waals surface area contributed by atoms with Crippen molar-refractivity contribution >= 4 is 22.8 Å². The van der Waals surface area contributed by atoms with Gasteiger partial charge < -0.3 is 9.73 Å². The summed E-state index contributed by atoms with van der Waals surface area (Å²) in [6.45, 7) is 9.70. The van der Waals surface area contributed by atoms with E-state index in [2.05, 4.69) is 15.1 Å². The van der Waals surface area contributed by atoms with Crippen LogP contribution in [0.4, 0.5) is 0 Å². The van der Waals surface area contributed by atoms with Crippen LogP contribution in [0.5, 0.6) is 0 Å². The number of fused-ring (bicyclic) bond motifs is 1. The summed E-state index contributed by atoms with van der Waals surface area (Å²) in [7, 11) is 0. The van der Waals surface area contributed by atoms with Crippen LogP contribution in [0.15, 0.2) is 28.7 Å². The number of para-hydroxylation sites is 1. The molecule has 7 nitrogen and oxygen atoms in total. The average Bonchev–Trinajstić information content (AvgIpc) is 3.38. The number of carbonyl (C=O) groups excluding carboxylic acids is 2. The molecule has 2 saturated heterocycles. The van der Waals surface area contributed by atoms with E-state index in [1.165, 1.54) is 0 Å². The van der Waals surface area contributed by atoms with Gasteiger partial charge in [-0.2, -0.15) is 0 Å². The Balaban J connectivity index is 1.36. The monoisotopic (exact) mass is 381 g/mol. The van der Waals surface area contributed by atoms with Crippen molar-refractivity contribution < 1.29 is 14.0 Å². The number of amides is 2. The molecular weight excluding hydrogens is 356 g/mol. The third-order valence-corrected chi connectivity index (χ3v) is 5.68. The van der Waals surface area contributed by atoms with E-state index in [1.807, 2.05) is 31.2 Å². The molecule has 0 spiro atoms. The topological polar surface area (TPSA) is 70.2 Å². The summed E-state index contributed by atoms with van der Waals surface area (Å²) < 4.78 is 5.70. The van der Waals surface area contributed by atoms with Crippen molar-refractivity contribution in [2.75, 3.05) is 26.2 Å². The Morgan fingerprint density at radius 1 is 1.29 bits per heavy atom. The number of rotatable bonds is 4. The van der Waals surface area contributed by atoms with E-state index in [9.17, 15) is 9.59 Å². The molecule has 0 unspecified atom stereocenters. The lowest BCUT2D eigenvalue weighted by Crippen LogP contribution is -2.42. The van der Waals surface area contributed by atoms with Gasteiger partial charge in [-0.1, -0.05) is 23.0 Å². The Labute approximate surface area is 164 Å². The highest BCUT2D eigenvalue weighted by molar-refractivity contribution is 6.07. The largest absolute Gasteiger partial charge is 0.461 e. The number of aryl methyl sites for hydroxylation is 1. The predicted molar refractivity (Wildman–Crippen MR) is 106 cm³/mol. The van der Waals surface area contributed by atoms with Crippen LogP contribution in [0.1, 0.15) is 35.4 Å². The van der Waals surface area contributed by atoms with Crippen LogP contribution in [-0.2, 0) is 4.79 Å². The van der Waals surface area contributed by atoms with Gasteiger partial charge in [-0.05, 0) is 25.8 Å². The zero-order valence-electron chi connectivity index (χ0n) is 16.1. The van der Waals surface area contributed by atoms with Crippen LogP contribution < -0.4 is 5.32 Å². The van der Waals surface area contributed by atoms with Gasteiger partial charge >= 0.3 is 6.17 Å². The number of hydrogen-bond donors (Lipinski definition) is 1. The van der Waals surface area contributed by atoms with Crippen molar-refractivity contribution in [2.24, 2.45) is 0 Å². The first kappa shape index (κ1) is 18.5. The van der Waals surface area contributed by atoms with Crippen molar-refractivity contribution in [3.8, 4) is 6.57 Å². The molecular formula is C21H25N4O3+. The number of hydrogen-bond acceptors (Lipinski definition) is 4. The summed E-state index contributed by atoms with van der Waals surface area (Å²) in [6, 6.07) is 7.57. The van der Waals surface area contributed by atoms with Gasteiger partial charge in [0.25, 0.3) is 12.5 Å². The SMILES string of the molecule is C#[N+][C@@H]1CCCN1C(=O)CN1CC[C@H](NC(=O)c2c(C)oc3ccccc23)C1. The van der Waals surface area contributed by atoms with Gasteiger partial charge in [0.05, 0.1) is 18.5 Å². The number of carbonyl (C=O) groups is 2. The van der Waals surface area contributed by atoms with Gasteiger partial charge in [0.15, 0.2) is 0 Å². The Kier molecular flexibility index (Phi) is 5.05. The second kappa shape index (κ2) is 7.64. The molecule has 0 saturated carbocycles. The molecule has 3 heterocycles. The van der Waals surface area contributed by atoms with Crippen LogP contribution in [0.3, 0.4) is 0 Å². The molecule has 2 amide bonds. The number of likely N-dealkylation sites (tertiary alicyclic amines) is 2. The minimum Gasteiger partial charge on any atom is -0.461 e. The maximum absolute atomic E-state index is 12.8. The smallest absolute Gasteiger partial charge is 0.349 e. The number of nitrogens with one attached hydrogen (secondary N) is 1. The lowest BCUT2D eigenvalue weighted by molar-refractivity contribution is -0.132. The first-order valence-electron chi connectivity index (χ1n) is 9.77. The Bertz CT molecular complexity index is 945. The Morgan fingerprint density at radius 3 is 2.93 bits per heavy atom. The fourth-order valence-electron chi connectivity index (χ4n) is 4.28. The highest BCUT2D eigenvalue weighted by Crippen LogP contribution is 2.25. The molecule has 0 bridgehead atoms. The van der Waals surface area contributed by atoms with Crippen LogP contribution >= 0.6 is 0 Å². The normalized spacial score (nSPS) is 22.5. The summed E-state index contributed by atoms with van der Waals surface area (Å²) in [5.74, 6) is 0.553. The summed E-state index contributed by atoms with van der Waals surface area (Å²) in [4.78, 5) is 33.0. The average molecular weight is 381 g/mol. The molecule has 1 N–H and O–H groups in total. The molecule has 1 aromatic heterocycles. The quantitative estimate of drug-likeness (QED) is 0.883. The van der Waals surface area contributed by atoms with E-state index in [-0.39, 0.29) is 24.0 Å². The Morgan fingerprint density at radius 2 is 2.11 bits per heavy atom. The number of furan rings is 1. The molecule has 146 valence electrons. The van der Waals surface area contributed by atoms with E-state index in [1.54, 1.807) is 4.90 Å². The molecule has 2 aliphatic rings. The molecule has 28 heavy (non-hydrogen) atoms. The predicted octanol–water partition coefficient (Wildman–Crippen LogP) is 2.46. The fraction of sp³-hybridized carbons (Fsp3) is 0.476. The molecule has 0 aliphatic carbocycles. The zero-order chi connectivity index (χ0) is 19.7. The van der Waals surface area contributed by atoms with Crippen molar-refractivity contribution in [1.29, 1.82) is 0 Å². The van der Waals surface area contributed by atoms with Gasteiger partial charge in [0.1, 0.15) is 11.3 Å². The highest BCUT2D eigenvalue weighted by Gasteiger charge is 2.37. The fourth-order valence-corrected chi connectivity index (χ4v) is 4.28. The molecule has 2 atom stereocenters. The van der Waals surface area contributed by atoms with Crippen LogP contribution in [0, 0.1) is 13.5 Å². The Hall–Kier alpha value is -2.85. The van der Waals surface area contributed by atoms with E-state index < -0.39 is 0 Å². The van der Waals surface area contributed by atoms with Gasteiger partial charge in [-0.25, -0.2) is 0 Å². The maximum Gasteiger partial charge on any atom is 0.349 e. The molecule has 0 radical (unpaired) electrons. The zero-order valence-corrected chi connectivity index (χ0v) is 16.1. The van der Waals surface area contributed by atoms with E-state index in [0.717, 1.165) is 31.2 Å². The summed E-state index contributed by atoms with van der Waals surface area (Å²) in [5, 5.41) is 3.93. The number of nitrogens with zero attached hydrogens (tertiary/aromatic N) is 3. The summed E-state index contributed by atoms with van der Waals surface area (Å²) in [6.07, 6.45) is 2.40. The molecule has 2 aliphatic heterocycles. The molecule has 7 heteroatoms. The highest BCUT2D eigenvalue weighted by atomic mass is 16.3. The molecule has 2 fully saturated rings.